The Labute approximate surface area is 102 Å². The van der Waals surface area contributed by atoms with E-state index in [2.05, 4.69) is 5.32 Å². The van der Waals surface area contributed by atoms with E-state index in [4.69, 9.17) is 9.47 Å². The zero-order valence-corrected chi connectivity index (χ0v) is 10.3. The van der Waals surface area contributed by atoms with Gasteiger partial charge in [0.2, 0.25) is 5.91 Å². The van der Waals surface area contributed by atoms with Crippen molar-refractivity contribution in [1.29, 1.82) is 0 Å². The van der Waals surface area contributed by atoms with Crippen LogP contribution in [0.3, 0.4) is 0 Å². The molecule has 2 aliphatic rings. The van der Waals surface area contributed by atoms with Crippen LogP contribution in [0.15, 0.2) is 0 Å². The fourth-order valence-corrected chi connectivity index (χ4v) is 2.24. The van der Waals surface area contributed by atoms with Crippen molar-refractivity contribution in [2.75, 3.05) is 46.0 Å². The van der Waals surface area contributed by atoms with E-state index in [-0.39, 0.29) is 18.6 Å². The molecular weight excluding hydrogens is 220 g/mol. The molecule has 2 saturated heterocycles. The number of nitrogens with zero attached hydrogens (tertiary/aromatic N) is 1. The van der Waals surface area contributed by atoms with E-state index in [1.165, 1.54) is 0 Å². The van der Waals surface area contributed by atoms with Gasteiger partial charge in [-0.3, -0.25) is 4.79 Å². The van der Waals surface area contributed by atoms with Gasteiger partial charge < -0.3 is 19.7 Å². The zero-order chi connectivity index (χ0) is 11.9. The van der Waals surface area contributed by atoms with Crippen LogP contribution in [0.25, 0.3) is 0 Å². The molecule has 0 bridgehead atoms. The third-order valence-corrected chi connectivity index (χ3v) is 3.25. The normalized spacial score (nSPS) is 25.9. The lowest BCUT2D eigenvalue weighted by Gasteiger charge is -2.20. The van der Waals surface area contributed by atoms with E-state index in [0.29, 0.717) is 6.61 Å². The first-order chi connectivity index (χ1) is 8.36. The number of nitrogens with one attached hydrogen (secondary N) is 1. The Bertz CT molecular complexity index is 234. The Morgan fingerprint density at radius 3 is 3.12 bits per heavy atom. The largest absolute Gasteiger partial charge is 0.376 e. The minimum Gasteiger partial charge on any atom is -0.376 e. The molecule has 0 radical (unpaired) electrons. The van der Waals surface area contributed by atoms with Crippen LogP contribution in [0.4, 0.5) is 0 Å². The molecule has 0 spiro atoms. The predicted octanol–water partition coefficient (Wildman–Crippen LogP) is 0.00390. The minimum atomic E-state index is 0.103. The Hall–Kier alpha value is -0.650. The molecule has 2 aliphatic heterocycles. The quantitative estimate of drug-likeness (QED) is 0.754. The molecule has 0 aromatic carbocycles. The van der Waals surface area contributed by atoms with E-state index in [1.54, 1.807) is 0 Å². The standard InChI is InChI=1S/C12H22N2O3/c15-12(14-6-2-4-13-5-7-14)10-16-9-11-3-1-8-17-11/h11,13H,1-10H2. The van der Waals surface area contributed by atoms with Gasteiger partial charge in [0.15, 0.2) is 0 Å². The molecule has 5 nitrogen and oxygen atoms in total. The summed E-state index contributed by atoms with van der Waals surface area (Å²) in [6.07, 6.45) is 3.40. The van der Waals surface area contributed by atoms with E-state index in [0.717, 1.165) is 52.0 Å². The maximum Gasteiger partial charge on any atom is 0.248 e. The summed E-state index contributed by atoms with van der Waals surface area (Å²) in [4.78, 5) is 13.7. The minimum absolute atomic E-state index is 0.103. The lowest BCUT2D eigenvalue weighted by atomic mass is 10.2. The third kappa shape index (κ3) is 4.26. The van der Waals surface area contributed by atoms with Crippen molar-refractivity contribution in [2.24, 2.45) is 0 Å². The summed E-state index contributed by atoms with van der Waals surface area (Å²) in [6.45, 7) is 5.10. The summed E-state index contributed by atoms with van der Waals surface area (Å²) >= 11 is 0. The van der Waals surface area contributed by atoms with Crippen LogP contribution in [-0.2, 0) is 14.3 Å². The van der Waals surface area contributed by atoms with Crippen LogP contribution in [0, 0.1) is 0 Å². The fraction of sp³-hybridized carbons (Fsp3) is 0.917. The van der Waals surface area contributed by atoms with Gasteiger partial charge in [0.25, 0.3) is 0 Å². The second kappa shape index (κ2) is 6.93. The SMILES string of the molecule is O=C(COCC1CCCO1)N1CCCNCC1. The van der Waals surface area contributed by atoms with Crippen molar-refractivity contribution in [1.82, 2.24) is 10.2 Å². The Morgan fingerprint density at radius 2 is 2.29 bits per heavy atom. The topological polar surface area (TPSA) is 50.8 Å². The molecule has 1 N–H and O–H groups in total. The number of hydrogen-bond acceptors (Lipinski definition) is 4. The van der Waals surface area contributed by atoms with Crippen LogP contribution >= 0.6 is 0 Å². The summed E-state index contributed by atoms with van der Waals surface area (Å²) in [5.41, 5.74) is 0. The van der Waals surface area contributed by atoms with Crippen molar-refractivity contribution >= 4 is 5.91 Å². The van der Waals surface area contributed by atoms with Gasteiger partial charge in [-0.25, -0.2) is 0 Å². The van der Waals surface area contributed by atoms with E-state index in [9.17, 15) is 4.79 Å². The van der Waals surface area contributed by atoms with Gasteiger partial charge in [-0.2, -0.15) is 0 Å². The fourth-order valence-electron chi connectivity index (χ4n) is 2.24. The summed E-state index contributed by atoms with van der Waals surface area (Å²) in [6, 6.07) is 0. The molecule has 5 heteroatoms. The highest BCUT2D eigenvalue weighted by molar-refractivity contribution is 5.77. The average Bonchev–Trinajstić information content (AvgIpc) is 2.69. The van der Waals surface area contributed by atoms with E-state index < -0.39 is 0 Å². The van der Waals surface area contributed by atoms with Crippen LogP contribution in [0.5, 0.6) is 0 Å². The number of ether oxygens (including phenoxy) is 2. The summed E-state index contributed by atoms with van der Waals surface area (Å²) in [7, 11) is 0. The Kier molecular flexibility index (Phi) is 5.22. The molecule has 0 aromatic heterocycles. The second-order valence-electron chi connectivity index (χ2n) is 4.63. The van der Waals surface area contributed by atoms with Crippen molar-refractivity contribution < 1.29 is 14.3 Å². The highest BCUT2D eigenvalue weighted by Gasteiger charge is 2.18. The molecule has 0 saturated carbocycles. The molecular formula is C12H22N2O3. The van der Waals surface area contributed by atoms with Gasteiger partial charge in [-0.1, -0.05) is 0 Å². The molecule has 17 heavy (non-hydrogen) atoms. The molecule has 2 rings (SSSR count). The van der Waals surface area contributed by atoms with Gasteiger partial charge in [0, 0.05) is 26.2 Å². The van der Waals surface area contributed by atoms with Crippen LogP contribution in [0.2, 0.25) is 0 Å². The number of rotatable bonds is 4. The zero-order valence-electron chi connectivity index (χ0n) is 10.3. The van der Waals surface area contributed by atoms with Crippen LogP contribution in [0.1, 0.15) is 19.3 Å². The van der Waals surface area contributed by atoms with Gasteiger partial charge in [-0.15, -0.1) is 0 Å². The number of carbonyl (C=O) groups excluding carboxylic acids is 1. The maximum atomic E-state index is 11.9. The number of amides is 1. The highest BCUT2D eigenvalue weighted by Crippen LogP contribution is 2.11. The summed E-state index contributed by atoms with van der Waals surface area (Å²) < 4.78 is 10.9. The molecule has 2 fully saturated rings. The Morgan fingerprint density at radius 1 is 1.35 bits per heavy atom. The van der Waals surface area contributed by atoms with Gasteiger partial charge in [-0.05, 0) is 25.8 Å². The van der Waals surface area contributed by atoms with Crippen LogP contribution in [-0.4, -0.2) is 62.9 Å². The maximum absolute atomic E-state index is 11.9. The molecule has 1 unspecified atom stereocenters. The van der Waals surface area contributed by atoms with Crippen molar-refractivity contribution in [3.8, 4) is 0 Å². The first kappa shape index (κ1) is 12.8. The molecule has 0 aliphatic carbocycles. The van der Waals surface area contributed by atoms with Crippen molar-refractivity contribution in [2.45, 2.75) is 25.4 Å². The van der Waals surface area contributed by atoms with Crippen molar-refractivity contribution in [3.05, 3.63) is 0 Å². The van der Waals surface area contributed by atoms with Gasteiger partial charge in [0.1, 0.15) is 6.61 Å². The smallest absolute Gasteiger partial charge is 0.248 e. The molecule has 2 heterocycles. The highest BCUT2D eigenvalue weighted by atomic mass is 16.5. The van der Waals surface area contributed by atoms with Crippen LogP contribution < -0.4 is 5.32 Å². The average molecular weight is 242 g/mol. The summed E-state index contributed by atoms with van der Waals surface area (Å²) in [5, 5.41) is 3.28. The van der Waals surface area contributed by atoms with E-state index >= 15 is 0 Å². The second-order valence-corrected chi connectivity index (χ2v) is 4.63. The number of carbonyl (C=O) groups is 1. The lowest BCUT2D eigenvalue weighted by molar-refractivity contribution is -0.137. The first-order valence-electron chi connectivity index (χ1n) is 6.54. The van der Waals surface area contributed by atoms with Gasteiger partial charge in [0.05, 0.1) is 12.7 Å². The molecule has 98 valence electrons. The summed E-state index contributed by atoms with van der Waals surface area (Å²) in [5.74, 6) is 0.103. The molecule has 1 atom stereocenters. The lowest BCUT2D eigenvalue weighted by Crippen LogP contribution is -2.37. The Balaban J connectivity index is 1.61. The molecule has 1 amide bonds. The monoisotopic (exact) mass is 242 g/mol. The van der Waals surface area contributed by atoms with Crippen molar-refractivity contribution in [3.63, 3.8) is 0 Å². The molecule has 0 aromatic rings. The third-order valence-electron chi connectivity index (χ3n) is 3.25. The van der Waals surface area contributed by atoms with Gasteiger partial charge >= 0.3 is 0 Å². The van der Waals surface area contributed by atoms with E-state index in [1.807, 2.05) is 4.90 Å². The predicted molar refractivity (Wildman–Crippen MR) is 63.9 cm³/mol. The first-order valence-corrected chi connectivity index (χ1v) is 6.54. The number of hydrogen-bond donors (Lipinski definition) is 1.